The molecule has 2 rings (SSSR count). The Hall–Kier alpha value is -1.84. The van der Waals surface area contributed by atoms with Crippen molar-refractivity contribution in [3.05, 3.63) is 35.9 Å². The van der Waals surface area contributed by atoms with Gasteiger partial charge in [-0.3, -0.25) is 9.59 Å². The van der Waals surface area contributed by atoms with E-state index in [0.29, 0.717) is 19.0 Å². The molecule has 1 aromatic carbocycles. The van der Waals surface area contributed by atoms with Crippen molar-refractivity contribution in [1.82, 2.24) is 4.90 Å². The van der Waals surface area contributed by atoms with Gasteiger partial charge in [0.05, 0.1) is 0 Å². The number of likely N-dealkylation sites (tertiary alicyclic amines) is 1. The zero-order valence-corrected chi connectivity index (χ0v) is 8.93. The number of hydrogen-bond donors (Lipinski definition) is 1. The number of primary amides is 1. The molecule has 1 heterocycles. The predicted molar refractivity (Wildman–Crippen MR) is 59.6 cm³/mol. The number of nitrogens with zero attached hydrogens (tertiary/aromatic N) is 1. The lowest BCUT2D eigenvalue weighted by Gasteiger charge is -2.14. The number of nitrogens with two attached hydrogens (primary N) is 1. The summed E-state index contributed by atoms with van der Waals surface area (Å²) >= 11 is 0. The molecule has 1 aromatic rings. The van der Waals surface area contributed by atoms with Crippen LogP contribution in [0.25, 0.3) is 0 Å². The Kier molecular flexibility index (Phi) is 2.90. The average molecular weight is 218 g/mol. The van der Waals surface area contributed by atoms with Crippen molar-refractivity contribution in [2.45, 2.75) is 12.3 Å². The number of amides is 2. The summed E-state index contributed by atoms with van der Waals surface area (Å²) in [5, 5.41) is 0. The second-order valence-electron chi connectivity index (χ2n) is 4.01. The molecule has 1 saturated heterocycles. The van der Waals surface area contributed by atoms with Crippen LogP contribution in [0.2, 0.25) is 0 Å². The summed E-state index contributed by atoms with van der Waals surface area (Å²) in [6.45, 7) is 1.20. The van der Waals surface area contributed by atoms with Crippen LogP contribution >= 0.6 is 0 Å². The number of benzene rings is 1. The van der Waals surface area contributed by atoms with E-state index in [0.717, 1.165) is 6.42 Å². The minimum atomic E-state index is -0.867. The third-order valence-corrected chi connectivity index (χ3v) is 2.96. The van der Waals surface area contributed by atoms with Gasteiger partial charge in [0.1, 0.15) is 0 Å². The Morgan fingerprint density at radius 2 is 1.94 bits per heavy atom. The van der Waals surface area contributed by atoms with Crippen LogP contribution in [-0.4, -0.2) is 29.8 Å². The molecule has 0 bridgehead atoms. The van der Waals surface area contributed by atoms with E-state index in [2.05, 4.69) is 0 Å². The van der Waals surface area contributed by atoms with E-state index in [9.17, 15) is 9.59 Å². The van der Waals surface area contributed by atoms with Crippen LogP contribution in [0.3, 0.4) is 0 Å². The summed E-state index contributed by atoms with van der Waals surface area (Å²) in [5.41, 5.74) is 6.18. The molecule has 1 fully saturated rings. The van der Waals surface area contributed by atoms with E-state index in [1.807, 2.05) is 30.3 Å². The van der Waals surface area contributed by atoms with Gasteiger partial charge in [0.2, 0.25) is 0 Å². The van der Waals surface area contributed by atoms with E-state index in [4.69, 9.17) is 5.73 Å². The number of hydrogen-bond acceptors (Lipinski definition) is 2. The van der Waals surface area contributed by atoms with Crippen molar-refractivity contribution in [3.63, 3.8) is 0 Å². The Bertz CT molecular complexity index is 403. The normalized spacial score (nSPS) is 19.8. The van der Waals surface area contributed by atoms with E-state index in [1.54, 1.807) is 0 Å². The fourth-order valence-corrected chi connectivity index (χ4v) is 2.10. The number of carbonyl (C=O) groups is 2. The highest BCUT2D eigenvalue weighted by Crippen LogP contribution is 2.26. The van der Waals surface area contributed by atoms with E-state index < -0.39 is 11.8 Å². The van der Waals surface area contributed by atoms with Crippen LogP contribution in [0.5, 0.6) is 0 Å². The van der Waals surface area contributed by atoms with Gasteiger partial charge in [-0.25, -0.2) is 0 Å². The van der Waals surface area contributed by atoms with Gasteiger partial charge >= 0.3 is 11.8 Å². The van der Waals surface area contributed by atoms with Gasteiger partial charge < -0.3 is 10.6 Å². The smallest absolute Gasteiger partial charge is 0.311 e. The van der Waals surface area contributed by atoms with E-state index >= 15 is 0 Å². The fraction of sp³-hybridized carbons (Fsp3) is 0.333. The summed E-state index contributed by atoms with van der Waals surface area (Å²) < 4.78 is 0. The Morgan fingerprint density at radius 1 is 1.25 bits per heavy atom. The molecule has 0 saturated carbocycles. The highest BCUT2D eigenvalue weighted by atomic mass is 16.2. The maximum Gasteiger partial charge on any atom is 0.311 e. The van der Waals surface area contributed by atoms with Crippen LogP contribution in [0.15, 0.2) is 30.3 Å². The first-order chi connectivity index (χ1) is 7.68. The first kappa shape index (κ1) is 10.7. The second-order valence-corrected chi connectivity index (χ2v) is 4.01. The Morgan fingerprint density at radius 3 is 2.56 bits per heavy atom. The van der Waals surface area contributed by atoms with Crippen molar-refractivity contribution >= 4 is 11.8 Å². The predicted octanol–water partition coefficient (Wildman–Crippen LogP) is 0.488. The standard InChI is InChI=1S/C12H14N2O2/c13-11(15)12(16)14-7-6-10(8-14)9-4-2-1-3-5-9/h1-5,10H,6-8H2,(H2,13,15). The molecule has 84 valence electrons. The molecule has 4 heteroatoms. The van der Waals surface area contributed by atoms with Gasteiger partial charge in [0.25, 0.3) is 0 Å². The Labute approximate surface area is 94.0 Å². The van der Waals surface area contributed by atoms with Gasteiger partial charge in [0.15, 0.2) is 0 Å². The minimum Gasteiger partial charge on any atom is -0.361 e. The minimum absolute atomic E-state index is 0.324. The van der Waals surface area contributed by atoms with Crippen LogP contribution in [0, 0.1) is 0 Å². The first-order valence-electron chi connectivity index (χ1n) is 5.32. The molecule has 0 radical (unpaired) electrons. The summed E-state index contributed by atoms with van der Waals surface area (Å²) in [5.74, 6) is -1.11. The molecule has 4 nitrogen and oxygen atoms in total. The largest absolute Gasteiger partial charge is 0.361 e. The van der Waals surface area contributed by atoms with Crippen LogP contribution in [0.4, 0.5) is 0 Å². The maximum atomic E-state index is 11.4. The molecule has 1 unspecified atom stereocenters. The van der Waals surface area contributed by atoms with E-state index in [-0.39, 0.29) is 0 Å². The number of carbonyl (C=O) groups excluding carboxylic acids is 2. The molecule has 1 aliphatic rings. The van der Waals surface area contributed by atoms with Crippen molar-refractivity contribution in [2.75, 3.05) is 13.1 Å². The molecule has 16 heavy (non-hydrogen) atoms. The van der Waals surface area contributed by atoms with Crippen LogP contribution in [-0.2, 0) is 9.59 Å². The molecule has 0 spiro atoms. The Balaban J connectivity index is 2.04. The second kappa shape index (κ2) is 4.35. The SMILES string of the molecule is NC(=O)C(=O)N1CCC(c2ccccc2)C1. The van der Waals surface area contributed by atoms with Crippen LogP contribution in [0.1, 0.15) is 17.9 Å². The molecule has 2 amide bonds. The molecule has 2 N–H and O–H groups in total. The average Bonchev–Trinajstić information content (AvgIpc) is 2.78. The van der Waals surface area contributed by atoms with Gasteiger partial charge in [-0.2, -0.15) is 0 Å². The topological polar surface area (TPSA) is 63.4 Å². The van der Waals surface area contributed by atoms with Gasteiger partial charge in [-0.15, -0.1) is 0 Å². The lowest BCUT2D eigenvalue weighted by atomic mass is 9.99. The third kappa shape index (κ3) is 2.05. The quantitative estimate of drug-likeness (QED) is 0.697. The number of rotatable bonds is 1. The van der Waals surface area contributed by atoms with Crippen molar-refractivity contribution in [1.29, 1.82) is 0 Å². The summed E-state index contributed by atoms with van der Waals surface area (Å²) in [7, 11) is 0. The molecular weight excluding hydrogens is 204 g/mol. The zero-order valence-electron chi connectivity index (χ0n) is 8.93. The van der Waals surface area contributed by atoms with E-state index in [1.165, 1.54) is 10.5 Å². The monoisotopic (exact) mass is 218 g/mol. The molecule has 0 aromatic heterocycles. The highest BCUT2D eigenvalue weighted by molar-refractivity contribution is 6.34. The highest BCUT2D eigenvalue weighted by Gasteiger charge is 2.29. The molecule has 0 aliphatic carbocycles. The maximum absolute atomic E-state index is 11.4. The van der Waals surface area contributed by atoms with Crippen molar-refractivity contribution in [2.24, 2.45) is 5.73 Å². The fourth-order valence-electron chi connectivity index (χ4n) is 2.10. The summed E-state index contributed by atoms with van der Waals surface area (Å²) in [6, 6.07) is 10.0. The zero-order chi connectivity index (χ0) is 11.5. The van der Waals surface area contributed by atoms with Crippen LogP contribution < -0.4 is 5.73 Å². The lowest BCUT2D eigenvalue weighted by Crippen LogP contribution is -2.38. The molecule has 1 aliphatic heterocycles. The first-order valence-corrected chi connectivity index (χ1v) is 5.32. The van der Waals surface area contributed by atoms with Crippen molar-refractivity contribution < 1.29 is 9.59 Å². The molecular formula is C12H14N2O2. The van der Waals surface area contributed by atoms with Gasteiger partial charge in [0, 0.05) is 19.0 Å². The molecule has 1 atom stereocenters. The van der Waals surface area contributed by atoms with Gasteiger partial charge in [-0.1, -0.05) is 30.3 Å². The summed E-state index contributed by atoms with van der Waals surface area (Å²) in [4.78, 5) is 23.7. The third-order valence-electron chi connectivity index (χ3n) is 2.96. The lowest BCUT2D eigenvalue weighted by molar-refractivity contribution is -0.143. The van der Waals surface area contributed by atoms with Crippen molar-refractivity contribution in [3.8, 4) is 0 Å². The summed E-state index contributed by atoms with van der Waals surface area (Å²) in [6.07, 6.45) is 0.892. The van der Waals surface area contributed by atoms with Gasteiger partial charge in [-0.05, 0) is 12.0 Å².